The van der Waals surface area contributed by atoms with E-state index in [2.05, 4.69) is 11.8 Å². The van der Waals surface area contributed by atoms with Crippen LogP contribution in [0.15, 0.2) is 0 Å². The van der Waals surface area contributed by atoms with Crippen molar-refractivity contribution in [3.05, 3.63) is 0 Å². The van der Waals surface area contributed by atoms with Crippen LogP contribution in [-0.4, -0.2) is 62.2 Å². The number of methoxy groups -OCH3 is 1. The maximum absolute atomic E-state index is 9.91. The largest absolute Gasteiger partial charge is 0.390 e. The van der Waals surface area contributed by atoms with Crippen molar-refractivity contribution < 1.29 is 14.6 Å². The summed E-state index contributed by atoms with van der Waals surface area (Å²) in [5.74, 6) is 0. The topological polar surface area (TPSA) is 41.9 Å². The van der Waals surface area contributed by atoms with E-state index < -0.39 is 0 Å². The van der Waals surface area contributed by atoms with Gasteiger partial charge in [0.25, 0.3) is 0 Å². The first-order valence-corrected chi connectivity index (χ1v) is 5.79. The fourth-order valence-corrected chi connectivity index (χ4v) is 1.87. The van der Waals surface area contributed by atoms with Gasteiger partial charge in [0.15, 0.2) is 0 Å². The number of likely N-dealkylation sites (N-methyl/N-ethyl adjacent to an activating group) is 1. The van der Waals surface area contributed by atoms with Gasteiger partial charge < -0.3 is 14.6 Å². The van der Waals surface area contributed by atoms with Crippen LogP contribution in [-0.2, 0) is 9.47 Å². The average molecular weight is 217 g/mol. The van der Waals surface area contributed by atoms with Crippen LogP contribution < -0.4 is 0 Å². The van der Waals surface area contributed by atoms with E-state index in [1.54, 1.807) is 7.11 Å². The van der Waals surface area contributed by atoms with Gasteiger partial charge in [-0.05, 0) is 19.4 Å². The predicted octanol–water partition coefficient (Wildman–Crippen LogP) is 0.495. The van der Waals surface area contributed by atoms with Crippen LogP contribution in [0.25, 0.3) is 0 Å². The van der Waals surface area contributed by atoms with Crippen LogP contribution in [0.2, 0.25) is 0 Å². The third-order valence-electron chi connectivity index (χ3n) is 2.90. The van der Waals surface area contributed by atoms with E-state index in [1.807, 2.05) is 0 Å². The number of ether oxygens (including phenoxy) is 2. The summed E-state index contributed by atoms with van der Waals surface area (Å²) in [4.78, 5) is 2.31. The van der Waals surface area contributed by atoms with Gasteiger partial charge >= 0.3 is 0 Å². The Bertz CT molecular complexity index is 166. The van der Waals surface area contributed by atoms with Gasteiger partial charge in [0.05, 0.1) is 18.8 Å². The number of rotatable bonds is 6. The van der Waals surface area contributed by atoms with Crippen LogP contribution in [0.3, 0.4) is 0 Å². The summed E-state index contributed by atoms with van der Waals surface area (Å²) in [5, 5.41) is 9.91. The molecule has 1 N–H and O–H groups in total. The van der Waals surface area contributed by atoms with Crippen molar-refractivity contribution in [1.82, 2.24) is 4.90 Å². The number of nitrogens with zero attached hydrogens (tertiary/aromatic N) is 1. The molecule has 0 saturated carbocycles. The SMILES string of the molecule is CCN1CCOC(C(O)CCCOC)C1. The Hall–Kier alpha value is -0.160. The zero-order valence-corrected chi connectivity index (χ0v) is 9.82. The van der Waals surface area contributed by atoms with Gasteiger partial charge in [-0.2, -0.15) is 0 Å². The summed E-state index contributed by atoms with van der Waals surface area (Å²) >= 11 is 0. The third-order valence-corrected chi connectivity index (χ3v) is 2.90. The maximum atomic E-state index is 9.91. The summed E-state index contributed by atoms with van der Waals surface area (Å²) < 4.78 is 10.5. The monoisotopic (exact) mass is 217 g/mol. The van der Waals surface area contributed by atoms with Crippen LogP contribution in [0.5, 0.6) is 0 Å². The molecule has 2 atom stereocenters. The predicted molar refractivity (Wildman–Crippen MR) is 59.0 cm³/mol. The van der Waals surface area contributed by atoms with E-state index >= 15 is 0 Å². The molecule has 0 bridgehead atoms. The van der Waals surface area contributed by atoms with Crippen molar-refractivity contribution in [3.8, 4) is 0 Å². The first-order valence-electron chi connectivity index (χ1n) is 5.79. The minimum Gasteiger partial charge on any atom is -0.390 e. The smallest absolute Gasteiger partial charge is 0.0961 e. The van der Waals surface area contributed by atoms with Gasteiger partial charge in [-0.25, -0.2) is 0 Å². The zero-order valence-electron chi connectivity index (χ0n) is 9.82. The number of morpholine rings is 1. The van der Waals surface area contributed by atoms with Gasteiger partial charge in [-0.15, -0.1) is 0 Å². The summed E-state index contributed by atoms with van der Waals surface area (Å²) in [7, 11) is 1.68. The summed E-state index contributed by atoms with van der Waals surface area (Å²) in [6.07, 6.45) is 1.28. The maximum Gasteiger partial charge on any atom is 0.0961 e. The third kappa shape index (κ3) is 4.47. The first kappa shape index (κ1) is 12.9. The molecule has 90 valence electrons. The highest BCUT2D eigenvalue weighted by Gasteiger charge is 2.25. The molecule has 1 saturated heterocycles. The second kappa shape index (κ2) is 7.17. The quantitative estimate of drug-likeness (QED) is 0.658. The Kier molecular flexibility index (Phi) is 6.17. The summed E-state index contributed by atoms with van der Waals surface area (Å²) in [6, 6.07) is 0. The molecule has 0 aliphatic carbocycles. The molecule has 0 aromatic carbocycles. The molecule has 1 rings (SSSR count). The Morgan fingerprint density at radius 3 is 3.07 bits per heavy atom. The highest BCUT2D eigenvalue weighted by atomic mass is 16.5. The molecule has 4 nitrogen and oxygen atoms in total. The molecule has 0 amide bonds. The first-order chi connectivity index (χ1) is 7.27. The molecular weight excluding hydrogens is 194 g/mol. The van der Waals surface area contributed by atoms with E-state index in [4.69, 9.17) is 9.47 Å². The molecule has 0 radical (unpaired) electrons. The number of aliphatic hydroxyl groups is 1. The minimum atomic E-state index is -0.352. The van der Waals surface area contributed by atoms with E-state index in [0.717, 1.165) is 39.1 Å². The highest BCUT2D eigenvalue weighted by molar-refractivity contribution is 4.77. The molecule has 1 fully saturated rings. The lowest BCUT2D eigenvalue weighted by Gasteiger charge is -2.34. The molecule has 0 spiro atoms. The van der Waals surface area contributed by atoms with E-state index in [1.165, 1.54) is 0 Å². The van der Waals surface area contributed by atoms with Crippen LogP contribution >= 0.6 is 0 Å². The Labute approximate surface area is 92.2 Å². The van der Waals surface area contributed by atoms with Crippen molar-refractivity contribution >= 4 is 0 Å². The number of aliphatic hydroxyl groups excluding tert-OH is 1. The molecule has 1 heterocycles. The molecule has 2 unspecified atom stereocenters. The lowest BCUT2D eigenvalue weighted by atomic mass is 10.1. The van der Waals surface area contributed by atoms with Gasteiger partial charge in [0.1, 0.15) is 0 Å². The van der Waals surface area contributed by atoms with E-state index in [-0.39, 0.29) is 12.2 Å². The van der Waals surface area contributed by atoms with Crippen LogP contribution in [0.1, 0.15) is 19.8 Å². The second-order valence-corrected chi connectivity index (χ2v) is 4.00. The van der Waals surface area contributed by atoms with Crippen molar-refractivity contribution in [1.29, 1.82) is 0 Å². The summed E-state index contributed by atoms with van der Waals surface area (Å²) in [5.41, 5.74) is 0. The zero-order chi connectivity index (χ0) is 11.1. The average Bonchev–Trinajstić information content (AvgIpc) is 2.29. The fourth-order valence-electron chi connectivity index (χ4n) is 1.87. The Morgan fingerprint density at radius 1 is 1.60 bits per heavy atom. The Balaban J connectivity index is 2.22. The van der Waals surface area contributed by atoms with Crippen molar-refractivity contribution in [2.24, 2.45) is 0 Å². The van der Waals surface area contributed by atoms with Gasteiger partial charge in [0, 0.05) is 26.8 Å². The normalized spacial score (nSPS) is 25.4. The Morgan fingerprint density at radius 2 is 2.40 bits per heavy atom. The van der Waals surface area contributed by atoms with Gasteiger partial charge in [-0.3, -0.25) is 4.90 Å². The van der Waals surface area contributed by atoms with E-state index in [9.17, 15) is 5.11 Å². The molecule has 1 aliphatic rings. The van der Waals surface area contributed by atoms with Gasteiger partial charge in [0.2, 0.25) is 0 Å². The molecule has 1 aliphatic heterocycles. The molecule has 15 heavy (non-hydrogen) atoms. The highest BCUT2D eigenvalue weighted by Crippen LogP contribution is 2.12. The summed E-state index contributed by atoms with van der Waals surface area (Å²) in [6.45, 7) is 6.45. The number of hydrogen-bond donors (Lipinski definition) is 1. The van der Waals surface area contributed by atoms with Crippen molar-refractivity contribution in [3.63, 3.8) is 0 Å². The number of hydrogen-bond acceptors (Lipinski definition) is 4. The van der Waals surface area contributed by atoms with E-state index in [0.29, 0.717) is 6.61 Å². The lowest BCUT2D eigenvalue weighted by Crippen LogP contribution is -2.47. The van der Waals surface area contributed by atoms with Gasteiger partial charge in [-0.1, -0.05) is 6.92 Å². The minimum absolute atomic E-state index is 0.0180. The van der Waals surface area contributed by atoms with Crippen LogP contribution in [0.4, 0.5) is 0 Å². The van der Waals surface area contributed by atoms with Crippen molar-refractivity contribution in [2.45, 2.75) is 32.0 Å². The standard InChI is InChI=1S/C11H23NO3/c1-3-12-6-8-15-11(9-12)10(13)5-4-7-14-2/h10-11,13H,3-9H2,1-2H3. The molecule has 4 heteroatoms. The second-order valence-electron chi connectivity index (χ2n) is 4.00. The van der Waals surface area contributed by atoms with Crippen LogP contribution in [0, 0.1) is 0 Å². The van der Waals surface area contributed by atoms with Crippen molar-refractivity contribution in [2.75, 3.05) is 40.0 Å². The molecule has 0 aromatic rings. The fraction of sp³-hybridized carbons (Fsp3) is 1.00. The molecule has 0 aromatic heterocycles. The lowest BCUT2D eigenvalue weighted by molar-refractivity contribution is -0.0904. The molecular formula is C11H23NO3.